The van der Waals surface area contributed by atoms with E-state index in [0.29, 0.717) is 23.8 Å². The lowest BCUT2D eigenvalue weighted by Gasteiger charge is -2.12. The summed E-state index contributed by atoms with van der Waals surface area (Å²) >= 11 is 0. The highest BCUT2D eigenvalue weighted by molar-refractivity contribution is 6.03. The zero-order valence-corrected chi connectivity index (χ0v) is 16.2. The van der Waals surface area contributed by atoms with Crippen LogP contribution in [0.4, 0.5) is 11.5 Å². The van der Waals surface area contributed by atoms with Gasteiger partial charge in [-0.2, -0.15) is 0 Å². The number of hydrogen-bond donors (Lipinski definition) is 2. The first-order valence-electron chi connectivity index (χ1n) is 10.1. The molecule has 0 unspecified atom stereocenters. The molecule has 0 amide bonds. The first kappa shape index (κ1) is 17.0. The molecule has 0 aliphatic heterocycles. The molecule has 0 fully saturated rings. The Balaban J connectivity index is 1.47. The van der Waals surface area contributed by atoms with Gasteiger partial charge < -0.3 is 10.3 Å². The molecule has 1 aliphatic rings. The van der Waals surface area contributed by atoms with Crippen LogP contribution in [0.2, 0.25) is 0 Å². The van der Waals surface area contributed by atoms with E-state index in [0.717, 1.165) is 40.6 Å². The maximum absolute atomic E-state index is 12.8. The van der Waals surface area contributed by atoms with Crippen LogP contribution in [0.5, 0.6) is 0 Å². The van der Waals surface area contributed by atoms with Crippen LogP contribution in [-0.2, 0) is 6.42 Å². The zero-order valence-electron chi connectivity index (χ0n) is 16.2. The Morgan fingerprint density at radius 3 is 2.67 bits per heavy atom. The fraction of sp³-hybridized carbons (Fsp3) is 0.125. The topological polar surface area (TPSA) is 75.6 Å². The average molecular weight is 393 g/mol. The SMILES string of the molecule is O=C1CCCc2c1c(Nc1ccc3ccccc3c1)nn2-c1nc2ccccc2[nH]1. The zero-order chi connectivity index (χ0) is 20.1. The minimum Gasteiger partial charge on any atom is -0.338 e. The number of ketones is 1. The second kappa shape index (κ2) is 6.56. The minimum absolute atomic E-state index is 0.127. The van der Waals surface area contributed by atoms with Crippen molar-refractivity contribution in [2.45, 2.75) is 19.3 Å². The van der Waals surface area contributed by atoms with Gasteiger partial charge in [0.1, 0.15) is 0 Å². The lowest BCUT2D eigenvalue weighted by atomic mass is 9.96. The van der Waals surface area contributed by atoms with Crippen molar-refractivity contribution < 1.29 is 4.79 Å². The van der Waals surface area contributed by atoms with E-state index in [9.17, 15) is 4.79 Å². The van der Waals surface area contributed by atoms with Gasteiger partial charge in [-0.3, -0.25) is 4.79 Å². The van der Waals surface area contributed by atoms with Gasteiger partial charge in [-0.25, -0.2) is 9.67 Å². The third kappa shape index (κ3) is 2.69. The number of fused-ring (bicyclic) bond motifs is 3. The molecule has 2 heterocycles. The number of aromatic nitrogens is 4. The maximum Gasteiger partial charge on any atom is 0.229 e. The molecule has 30 heavy (non-hydrogen) atoms. The molecule has 0 radical (unpaired) electrons. The summed E-state index contributed by atoms with van der Waals surface area (Å²) in [5.74, 6) is 1.35. The van der Waals surface area contributed by atoms with Gasteiger partial charge in [-0.15, -0.1) is 5.10 Å². The van der Waals surface area contributed by atoms with Crippen LogP contribution < -0.4 is 5.32 Å². The predicted molar refractivity (Wildman–Crippen MR) is 118 cm³/mol. The van der Waals surface area contributed by atoms with Gasteiger partial charge in [-0.1, -0.05) is 42.5 Å². The van der Waals surface area contributed by atoms with Crippen molar-refractivity contribution in [3.8, 4) is 5.95 Å². The second-order valence-electron chi connectivity index (χ2n) is 7.62. The van der Waals surface area contributed by atoms with Crippen molar-refractivity contribution in [2.75, 3.05) is 5.32 Å². The molecule has 3 aromatic carbocycles. The van der Waals surface area contributed by atoms with Gasteiger partial charge in [0.15, 0.2) is 11.6 Å². The molecule has 6 heteroatoms. The lowest BCUT2D eigenvalue weighted by Crippen LogP contribution is -2.14. The van der Waals surface area contributed by atoms with Crippen molar-refractivity contribution in [1.29, 1.82) is 0 Å². The molecular weight excluding hydrogens is 374 g/mol. The summed E-state index contributed by atoms with van der Waals surface area (Å²) in [6, 6.07) is 22.3. The fourth-order valence-electron chi connectivity index (χ4n) is 4.22. The summed E-state index contributed by atoms with van der Waals surface area (Å²) in [5, 5.41) is 10.5. The summed E-state index contributed by atoms with van der Waals surface area (Å²) in [5.41, 5.74) is 4.32. The highest BCUT2D eigenvalue weighted by atomic mass is 16.1. The number of carbonyl (C=O) groups excluding carboxylic acids is 1. The molecule has 5 aromatic rings. The number of nitrogens with one attached hydrogen (secondary N) is 2. The molecule has 0 spiro atoms. The monoisotopic (exact) mass is 393 g/mol. The van der Waals surface area contributed by atoms with Crippen LogP contribution in [0.3, 0.4) is 0 Å². The summed E-state index contributed by atoms with van der Waals surface area (Å²) in [7, 11) is 0. The summed E-state index contributed by atoms with van der Waals surface area (Å²) in [6.45, 7) is 0. The van der Waals surface area contributed by atoms with Crippen molar-refractivity contribution in [2.24, 2.45) is 0 Å². The van der Waals surface area contributed by atoms with Crippen molar-refractivity contribution in [1.82, 2.24) is 19.7 Å². The number of benzene rings is 3. The van der Waals surface area contributed by atoms with E-state index in [-0.39, 0.29) is 5.78 Å². The predicted octanol–water partition coefficient (Wildman–Crippen LogP) is 5.16. The van der Waals surface area contributed by atoms with Crippen molar-refractivity contribution >= 4 is 39.1 Å². The Bertz CT molecular complexity index is 1400. The molecule has 0 saturated carbocycles. The van der Waals surface area contributed by atoms with Gasteiger partial charge in [0.25, 0.3) is 0 Å². The number of para-hydroxylation sites is 2. The molecular formula is C24H19N5O. The number of imidazole rings is 1. The standard InChI is InChI=1S/C24H19N5O/c30-21-11-5-10-20-22(21)23(25-17-13-12-15-6-1-2-7-16(15)14-17)28-29(20)24-26-18-8-3-4-9-19(18)27-24/h1-4,6-9,12-14H,5,10-11H2,(H,25,28)(H,26,27). The number of H-pyrrole nitrogens is 1. The maximum atomic E-state index is 12.8. The number of Topliss-reactive ketones (excluding diaryl/α,β-unsaturated/α-hetero) is 1. The fourth-order valence-corrected chi connectivity index (χ4v) is 4.22. The smallest absolute Gasteiger partial charge is 0.229 e. The number of anilines is 2. The summed E-state index contributed by atoms with van der Waals surface area (Å²) < 4.78 is 1.79. The molecule has 0 bridgehead atoms. The van der Waals surface area contributed by atoms with Crippen LogP contribution in [0.25, 0.3) is 27.8 Å². The molecule has 0 atom stereocenters. The van der Waals surface area contributed by atoms with Gasteiger partial charge in [-0.05, 0) is 47.9 Å². The van der Waals surface area contributed by atoms with E-state index >= 15 is 0 Å². The van der Waals surface area contributed by atoms with Crippen LogP contribution in [0.1, 0.15) is 28.9 Å². The molecule has 6 nitrogen and oxygen atoms in total. The summed E-state index contributed by atoms with van der Waals surface area (Å²) in [6.07, 6.45) is 2.17. The Kier molecular flexibility index (Phi) is 3.71. The van der Waals surface area contributed by atoms with Gasteiger partial charge in [0.2, 0.25) is 5.95 Å². The third-order valence-corrected chi connectivity index (χ3v) is 5.67. The number of nitrogens with zero attached hydrogens (tertiary/aromatic N) is 3. The molecule has 1 aliphatic carbocycles. The van der Waals surface area contributed by atoms with E-state index in [4.69, 9.17) is 5.10 Å². The Labute approximate surface area is 172 Å². The first-order chi connectivity index (χ1) is 14.8. The third-order valence-electron chi connectivity index (χ3n) is 5.67. The van der Waals surface area contributed by atoms with Gasteiger partial charge >= 0.3 is 0 Å². The molecule has 6 rings (SSSR count). The molecule has 2 N–H and O–H groups in total. The summed E-state index contributed by atoms with van der Waals surface area (Å²) in [4.78, 5) is 20.8. The minimum atomic E-state index is 0.127. The highest BCUT2D eigenvalue weighted by Gasteiger charge is 2.28. The highest BCUT2D eigenvalue weighted by Crippen LogP contribution is 2.32. The van der Waals surface area contributed by atoms with E-state index in [1.807, 2.05) is 42.5 Å². The van der Waals surface area contributed by atoms with Gasteiger partial charge in [0, 0.05) is 12.1 Å². The van der Waals surface area contributed by atoms with E-state index in [1.54, 1.807) is 4.68 Å². The Morgan fingerprint density at radius 2 is 1.77 bits per heavy atom. The lowest BCUT2D eigenvalue weighted by molar-refractivity contribution is 0.0973. The average Bonchev–Trinajstić information content (AvgIpc) is 3.36. The van der Waals surface area contributed by atoms with Crippen LogP contribution in [0, 0.1) is 0 Å². The second-order valence-corrected chi connectivity index (χ2v) is 7.62. The van der Waals surface area contributed by atoms with E-state index < -0.39 is 0 Å². The largest absolute Gasteiger partial charge is 0.338 e. The molecule has 2 aromatic heterocycles. The van der Waals surface area contributed by atoms with Crippen molar-refractivity contribution in [3.63, 3.8) is 0 Å². The molecule has 0 saturated heterocycles. The van der Waals surface area contributed by atoms with Crippen LogP contribution in [0.15, 0.2) is 66.7 Å². The number of hydrogen-bond acceptors (Lipinski definition) is 4. The Morgan fingerprint density at radius 1 is 0.933 bits per heavy atom. The van der Waals surface area contributed by atoms with Gasteiger partial charge in [0.05, 0.1) is 22.3 Å². The Hall–Kier alpha value is -3.93. The van der Waals surface area contributed by atoms with Crippen LogP contribution in [-0.4, -0.2) is 25.5 Å². The molecule has 146 valence electrons. The van der Waals surface area contributed by atoms with Crippen molar-refractivity contribution in [3.05, 3.63) is 78.0 Å². The van der Waals surface area contributed by atoms with E-state index in [2.05, 4.69) is 39.6 Å². The number of carbonyl (C=O) groups is 1. The first-order valence-corrected chi connectivity index (χ1v) is 10.1. The normalized spacial score (nSPS) is 13.7. The van der Waals surface area contributed by atoms with E-state index in [1.165, 1.54) is 5.39 Å². The number of aromatic amines is 1. The quantitative estimate of drug-likeness (QED) is 0.444. The van der Waals surface area contributed by atoms with Crippen LogP contribution >= 0.6 is 0 Å². The number of rotatable bonds is 3.